The van der Waals surface area contributed by atoms with Gasteiger partial charge in [0.25, 0.3) is 5.91 Å². The highest BCUT2D eigenvalue weighted by Gasteiger charge is 2.17. The molecule has 0 radical (unpaired) electrons. The van der Waals surface area contributed by atoms with Gasteiger partial charge < -0.3 is 23.8 Å². The second-order valence-electron chi connectivity index (χ2n) is 7.35. The Labute approximate surface area is 203 Å². The maximum absolute atomic E-state index is 12.7. The molecule has 0 aliphatic rings. The van der Waals surface area contributed by atoms with Crippen molar-refractivity contribution in [1.82, 2.24) is 9.88 Å². The van der Waals surface area contributed by atoms with E-state index < -0.39 is 5.97 Å². The van der Waals surface area contributed by atoms with Crippen molar-refractivity contribution in [3.63, 3.8) is 0 Å². The van der Waals surface area contributed by atoms with Crippen LogP contribution in [0.2, 0.25) is 0 Å². The largest absolute Gasteiger partial charge is 0.493 e. The van der Waals surface area contributed by atoms with E-state index in [9.17, 15) is 9.59 Å². The molecule has 0 fully saturated rings. The molecular formula is C25H28N2O6S. The molecule has 0 N–H and O–H groups in total. The summed E-state index contributed by atoms with van der Waals surface area (Å²) in [7, 11) is 3.13. The molecule has 8 nitrogen and oxygen atoms in total. The van der Waals surface area contributed by atoms with Crippen LogP contribution in [-0.2, 0) is 22.7 Å². The van der Waals surface area contributed by atoms with Crippen molar-refractivity contribution in [3.05, 3.63) is 69.7 Å². The monoisotopic (exact) mass is 484 g/mol. The van der Waals surface area contributed by atoms with Gasteiger partial charge in [-0.05, 0) is 49.7 Å². The molecule has 0 spiro atoms. The highest BCUT2D eigenvalue weighted by Crippen LogP contribution is 2.28. The summed E-state index contributed by atoms with van der Waals surface area (Å²) in [4.78, 5) is 31.1. The van der Waals surface area contributed by atoms with Crippen LogP contribution in [0.1, 0.15) is 33.5 Å². The van der Waals surface area contributed by atoms with Crippen LogP contribution in [0.25, 0.3) is 0 Å². The number of aryl methyl sites for hydroxylation is 1. The predicted octanol–water partition coefficient (Wildman–Crippen LogP) is 4.25. The van der Waals surface area contributed by atoms with E-state index in [0.717, 1.165) is 16.3 Å². The highest BCUT2D eigenvalue weighted by atomic mass is 32.1. The zero-order valence-electron chi connectivity index (χ0n) is 19.7. The van der Waals surface area contributed by atoms with Crippen molar-refractivity contribution in [1.29, 1.82) is 0 Å². The minimum Gasteiger partial charge on any atom is -0.493 e. The molecule has 34 heavy (non-hydrogen) atoms. The number of nitrogens with zero attached hydrogens (tertiary/aromatic N) is 2. The molecule has 0 saturated carbocycles. The molecule has 1 heterocycles. The average molecular weight is 485 g/mol. The number of aromatic nitrogens is 1. The van der Waals surface area contributed by atoms with Gasteiger partial charge in [-0.3, -0.25) is 4.79 Å². The van der Waals surface area contributed by atoms with Gasteiger partial charge in [-0.15, -0.1) is 11.3 Å². The first-order chi connectivity index (χ1) is 16.4. The number of hydrogen-bond acceptors (Lipinski definition) is 8. The van der Waals surface area contributed by atoms with Gasteiger partial charge >= 0.3 is 5.97 Å². The van der Waals surface area contributed by atoms with Gasteiger partial charge in [0.1, 0.15) is 12.4 Å². The summed E-state index contributed by atoms with van der Waals surface area (Å²) in [6.07, 6.45) is 0. The number of methoxy groups -OCH3 is 2. The number of rotatable bonds is 11. The predicted molar refractivity (Wildman–Crippen MR) is 129 cm³/mol. The van der Waals surface area contributed by atoms with E-state index in [2.05, 4.69) is 4.98 Å². The number of amides is 1. The fourth-order valence-electron chi connectivity index (χ4n) is 3.22. The number of esters is 1. The van der Waals surface area contributed by atoms with Crippen LogP contribution >= 0.6 is 11.3 Å². The Morgan fingerprint density at radius 3 is 2.53 bits per heavy atom. The molecule has 0 aliphatic carbocycles. The normalized spacial score (nSPS) is 10.5. The van der Waals surface area contributed by atoms with Crippen LogP contribution < -0.4 is 14.2 Å². The van der Waals surface area contributed by atoms with Crippen molar-refractivity contribution in [2.24, 2.45) is 0 Å². The van der Waals surface area contributed by atoms with Crippen molar-refractivity contribution >= 4 is 23.2 Å². The molecule has 0 unspecified atom stereocenters. The summed E-state index contributed by atoms with van der Waals surface area (Å²) in [5.74, 6) is 0.835. The number of benzene rings is 2. The first kappa shape index (κ1) is 25.0. The summed E-state index contributed by atoms with van der Waals surface area (Å²) in [6.45, 7) is 4.56. The fourth-order valence-corrected chi connectivity index (χ4v) is 3.82. The van der Waals surface area contributed by atoms with Gasteiger partial charge in [-0.25, -0.2) is 9.78 Å². The van der Waals surface area contributed by atoms with Crippen molar-refractivity contribution in [2.45, 2.75) is 27.0 Å². The van der Waals surface area contributed by atoms with Crippen LogP contribution in [0.5, 0.6) is 17.2 Å². The molecule has 3 rings (SSSR count). The smallest absolute Gasteiger partial charge is 0.338 e. The molecular weight excluding hydrogens is 456 g/mol. The zero-order valence-corrected chi connectivity index (χ0v) is 20.5. The average Bonchev–Trinajstić information content (AvgIpc) is 3.29. The molecule has 0 aliphatic heterocycles. The van der Waals surface area contributed by atoms with E-state index in [1.807, 2.05) is 31.4 Å². The molecule has 9 heteroatoms. The lowest BCUT2D eigenvalue weighted by atomic mass is 10.2. The molecule has 0 bridgehead atoms. The van der Waals surface area contributed by atoms with Gasteiger partial charge in [0.15, 0.2) is 18.1 Å². The first-order valence-electron chi connectivity index (χ1n) is 10.7. The summed E-state index contributed by atoms with van der Waals surface area (Å²) in [6, 6.07) is 12.1. The molecule has 3 aromatic rings. The van der Waals surface area contributed by atoms with E-state index in [4.69, 9.17) is 18.9 Å². The van der Waals surface area contributed by atoms with E-state index >= 15 is 0 Å². The van der Waals surface area contributed by atoms with Crippen LogP contribution in [0.15, 0.2) is 47.8 Å². The Hall–Kier alpha value is -3.59. The van der Waals surface area contributed by atoms with Crippen LogP contribution in [0, 0.1) is 6.92 Å². The molecule has 2 aromatic carbocycles. The maximum Gasteiger partial charge on any atom is 0.338 e. The second-order valence-corrected chi connectivity index (χ2v) is 8.41. The van der Waals surface area contributed by atoms with Crippen molar-refractivity contribution in [2.75, 3.05) is 27.4 Å². The van der Waals surface area contributed by atoms with Gasteiger partial charge in [-0.2, -0.15) is 0 Å². The second kappa shape index (κ2) is 12.0. The summed E-state index contributed by atoms with van der Waals surface area (Å²) in [5.41, 5.74) is 2.01. The topological polar surface area (TPSA) is 87.2 Å². The minimum absolute atomic E-state index is 0.294. The Kier molecular flexibility index (Phi) is 8.86. The van der Waals surface area contributed by atoms with Crippen molar-refractivity contribution in [3.8, 4) is 17.2 Å². The quantitative estimate of drug-likeness (QED) is 0.376. The van der Waals surface area contributed by atoms with Gasteiger partial charge in [0.2, 0.25) is 0 Å². The van der Waals surface area contributed by atoms with Crippen LogP contribution in [0.3, 0.4) is 0 Å². The van der Waals surface area contributed by atoms with Gasteiger partial charge in [0.05, 0.1) is 30.5 Å². The Balaban J connectivity index is 1.55. The van der Waals surface area contributed by atoms with Crippen molar-refractivity contribution < 1.29 is 28.5 Å². The van der Waals surface area contributed by atoms with E-state index in [1.54, 1.807) is 60.8 Å². The first-order valence-corrected chi connectivity index (χ1v) is 11.6. The summed E-state index contributed by atoms with van der Waals surface area (Å²) >= 11 is 1.55. The number of thiazole rings is 1. The van der Waals surface area contributed by atoms with Gasteiger partial charge in [-0.1, -0.05) is 12.1 Å². The maximum atomic E-state index is 12.7. The van der Waals surface area contributed by atoms with E-state index in [1.165, 1.54) is 0 Å². The number of carbonyl (C=O) groups excluding carboxylic acids is 2. The third-order valence-corrected chi connectivity index (χ3v) is 5.83. The lowest BCUT2D eigenvalue weighted by Crippen LogP contribution is -2.34. The van der Waals surface area contributed by atoms with E-state index in [-0.39, 0.29) is 12.5 Å². The zero-order chi connectivity index (χ0) is 24.5. The Morgan fingerprint density at radius 1 is 1.06 bits per heavy atom. The Morgan fingerprint density at radius 2 is 1.85 bits per heavy atom. The lowest BCUT2D eigenvalue weighted by molar-refractivity contribution is -0.134. The SMILES string of the molecule is CCN(Cc1ccc(OC)c(OC)c1)C(=O)COC(=O)c1cccc(OCc2csc(C)n2)c1. The number of hydrogen-bond donors (Lipinski definition) is 0. The number of likely N-dealkylation sites (N-methyl/N-ethyl adjacent to an activating group) is 1. The summed E-state index contributed by atoms with van der Waals surface area (Å²) in [5, 5.41) is 2.90. The van der Waals surface area contributed by atoms with E-state index in [0.29, 0.717) is 42.5 Å². The molecule has 0 saturated heterocycles. The fraction of sp³-hybridized carbons (Fsp3) is 0.320. The minimum atomic E-state index is -0.592. The number of carbonyl (C=O) groups is 2. The standard InChI is InChI=1S/C25H28N2O6S/c1-5-27(13-18-9-10-22(30-3)23(11-18)31-4)24(28)15-33-25(29)19-7-6-8-21(12-19)32-14-20-16-34-17(2)26-20/h6-12,16H,5,13-15H2,1-4H3. The highest BCUT2D eigenvalue weighted by molar-refractivity contribution is 7.09. The molecule has 0 atom stereocenters. The molecule has 180 valence electrons. The third kappa shape index (κ3) is 6.71. The summed E-state index contributed by atoms with van der Waals surface area (Å²) < 4.78 is 21.6. The van der Waals surface area contributed by atoms with Crippen LogP contribution in [0.4, 0.5) is 0 Å². The Bertz CT molecular complexity index is 1130. The molecule has 1 aromatic heterocycles. The third-order valence-electron chi connectivity index (χ3n) is 5.01. The molecule has 1 amide bonds. The lowest BCUT2D eigenvalue weighted by Gasteiger charge is -2.21. The van der Waals surface area contributed by atoms with Crippen LogP contribution in [-0.4, -0.2) is 49.1 Å². The van der Waals surface area contributed by atoms with Gasteiger partial charge in [0, 0.05) is 18.5 Å². The number of ether oxygens (including phenoxy) is 4.